The second-order valence-corrected chi connectivity index (χ2v) is 4.21. The molecule has 0 unspecified atom stereocenters. The van der Waals surface area contributed by atoms with Crippen molar-refractivity contribution in [2.75, 3.05) is 0 Å². The second kappa shape index (κ2) is 5.52. The third-order valence-electron chi connectivity index (χ3n) is 2.51. The van der Waals surface area contributed by atoms with E-state index in [1.54, 1.807) is 12.1 Å². The zero-order valence-electron chi connectivity index (χ0n) is 9.51. The number of carboxylic acid groups (broad SMARTS) is 1. The molecule has 90 valence electrons. The van der Waals surface area contributed by atoms with Gasteiger partial charge in [0.2, 0.25) is 0 Å². The molecule has 18 heavy (non-hydrogen) atoms. The molecule has 3 heteroatoms. The molecule has 0 aliphatic carbocycles. The summed E-state index contributed by atoms with van der Waals surface area (Å²) in [6, 6.07) is 15.1. The van der Waals surface area contributed by atoms with Gasteiger partial charge >= 0.3 is 5.97 Å². The third-order valence-corrected chi connectivity index (χ3v) is 2.74. The van der Waals surface area contributed by atoms with Gasteiger partial charge in [-0.2, -0.15) is 0 Å². The smallest absolute Gasteiger partial charge is 0.328 e. The largest absolute Gasteiger partial charge is 0.478 e. The normalized spacial score (nSPS) is 10.7. The lowest BCUT2D eigenvalue weighted by atomic mass is 9.99. The molecule has 2 nitrogen and oxygen atoms in total. The summed E-state index contributed by atoms with van der Waals surface area (Å²) < 4.78 is 0. The molecule has 2 aromatic carbocycles. The minimum absolute atomic E-state index is 0.626. The summed E-state index contributed by atoms with van der Waals surface area (Å²) in [5.74, 6) is -0.969. The van der Waals surface area contributed by atoms with Crippen LogP contribution in [0.25, 0.3) is 17.2 Å². The Morgan fingerprint density at radius 2 is 1.83 bits per heavy atom. The predicted molar refractivity (Wildman–Crippen MR) is 73.6 cm³/mol. The van der Waals surface area contributed by atoms with Crippen LogP contribution in [0.3, 0.4) is 0 Å². The van der Waals surface area contributed by atoms with Crippen molar-refractivity contribution in [3.63, 3.8) is 0 Å². The first-order valence-corrected chi connectivity index (χ1v) is 5.80. The van der Waals surface area contributed by atoms with Gasteiger partial charge in [0.05, 0.1) is 0 Å². The SMILES string of the molecule is O=C(O)/C=C/c1ccc(Cl)cc1-c1ccccc1. The highest BCUT2D eigenvalue weighted by Gasteiger charge is 2.04. The molecule has 0 saturated heterocycles. The van der Waals surface area contributed by atoms with Crippen molar-refractivity contribution in [3.05, 3.63) is 65.2 Å². The summed E-state index contributed by atoms with van der Waals surface area (Å²) in [5.41, 5.74) is 2.75. The van der Waals surface area contributed by atoms with Gasteiger partial charge in [-0.1, -0.05) is 48.0 Å². The molecule has 0 aliphatic heterocycles. The second-order valence-electron chi connectivity index (χ2n) is 3.77. The molecule has 0 aliphatic rings. The van der Waals surface area contributed by atoms with Crippen molar-refractivity contribution in [1.82, 2.24) is 0 Å². The van der Waals surface area contributed by atoms with Gasteiger partial charge in [0.15, 0.2) is 0 Å². The molecule has 0 saturated carbocycles. The molecule has 0 radical (unpaired) electrons. The Morgan fingerprint density at radius 1 is 1.11 bits per heavy atom. The van der Waals surface area contributed by atoms with Crippen LogP contribution in [0, 0.1) is 0 Å². The Balaban J connectivity index is 2.51. The van der Waals surface area contributed by atoms with Crippen molar-refractivity contribution in [1.29, 1.82) is 0 Å². The van der Waals surface area contributed by atoms with Crippen LogP contribution in [0.15, 0.2) is 54.6 Å². The van der Waals surface area contributed by atoms with E-state index < -0.39 is 5.97 Å². The Morgan fingerprint density at radius 3 is 2.50 bits per heavy atom. The predicted octanol–water partition coefficient (Wildman–Crippen LogP) is 4.10. The van der Waals surface area contributed by atoms with E-state index in [0.717, 1.165) is 22.8 Å². The topological polar surface area (TPSA) is 37.3 Å². The molecule has 0 aromatic heterocycles. The Labute approximate surface area is 110 Å². The van der Waals surface area contributed by atoms with Crippen LogP contribution in [0.1, 0.15) is 5.56 Å². The molecule has 1 N–H and O–H groups in total. The average Bonchev–Trinajstić information content (AvgIpc) is 2.38. The van der Waals surface area contributed by atoms with Crippen molar-refractivity contribution in [2.45, 2.75) is 0 Å². The summed E-state index contributed by atoms with van der Waals surface area (Å²) in [6.45, 7) is 0. The fraction of sp³-hybridized carbons (Fsp3) is 0. The van der Waals surface area contributed by atoms with E-state index in [1.165, 1.54) is 0 Å². The molecule has 0 heterocycles. The number of carboxylic acids is 1. The lowest BCUT2D eigenvalue weighted by Crippen LogP contribution is -1.88. The minimum atomic E-state index is -0.969. The van der Waals surface area contributed by atoms with Crippen LogP contribution in [0.5, 0.6) is 0 Å². The van der Waals surface area contributed by atoms with E-state index in [-0.39, 0.29) is 0 Å². The highest BCUT2D eigenvalue weighted by molar-refractivity contribution is 6.31. The van der Waals surface area contributed by atoms with E-state index in [9.17, 15) is 4.79 Å². The lowest BCUT2D eigenvalue weighted by Gasteiger charge is -2.06. The van der Waals surface area contributed by atoms with Gasteiger partial charge in [0, 0.05) is 11.1 Å². The van der Waals surface area contributed by atoms with Crippen LogP contribution < -0.4 is 0 Å². The lowest BCUT2D eigenvalue weighted by molar-refractivity contribution is -0.131. The Hall–Kier alpha value is -2.06. The molecular formula is C15H11ClO2. The van der Waals surface area contributed by atoms with E-state index in [4.69, 9.17) is 16.7 Å². The monoisotopic (exact) mass is 258 g/mol. The van der Waals surface area contributed by atoms with Crippen molar-refractivity contribution < 1.29 is 9.90 Å². The number of hydrogen-bond acceptors (Lipinski definition) is 1. The highest BCUT2D eigenvalue weighted by Crippen LogP contribution is 2.27. The summed E-state index contributed by atoms with van der Waals surface area (Å²) in [4.78, 5) is 10.6. The first kappa shape index (κ1) is 12.4. The van der Waals surface area contributed by atoms with E-state index in [1.807, 2.05) is 42.5 Å². The molecule has 2 rings (SSSR count). The molecule has 2 aromatic rings. The first-order chi connectivity index (χ1) is 8.66. The maximum absolute atomic E-state index is 10.6. The maximum Gasteiger partial charge on any atom is 0.328 e. The van der Waals surface area contributed by atoms with Gasteiger partial charge in [-0.15, -0.1) is 0 Å². The van der Waals surface area contributed by atoms with Gasteiger partial charge in [-0.05, 0) is 34.9 Å². The van der Waals surface area contributed by atoms with Crippen molar-refractivity contribution in [3.8, 4) is 11.1 Å². The average molecular weight is 259 g/mol. The number of benzene rings is 2. The summed E-state index contributed by atoms with van der Waals surface area (Å²) in [5, 5.41) is 9.30. The summed E-state index contributed by atoms with van der Waals surface area (Å²) in [7, 11) is 0. The maximum atomic E-state index is 10.6. The molecule has 0 amide bonds. The Kier molecular flexibility index (Phi) is 3.80. The van der Waals surface area contributed by atoms with E-state index >= 15 is 0 Å². The van der Waals surface area contributed by atoms with Gasteiger partial charge < -0.3 is 5.11 Å². The molecular weight excluding hydrogens is 248 g/mol. The standard InChI is InChI=1S/C15H11ClO2/c16-13-8-6-12(7-9-15(17)18)14(10-13)11-4-2-1-3-5-11/h1-10H,(H,17,18)/b9-7+. The number of aliphatic carboxylic acids is 1. The van der Waals surface area contributed by atoms with Gasteiger partial charge in [-0.3, -0.25) is 0 Å². The zero-order chi connectivity index (χ0) is 13.0. The summed E-state index contributed by atoms with van der Waals surface area (Å²) >= 11 is 5.99. The fourth-order valence-electron chi connectivity index (χ4n) is 1.70. The molecule has 0 spiro atoms. The Bertz CT molecular complexity index is 589. The molecule has 0 fully saturated rings. The van der Waals surface area contributed by atoms with Crippen molar-refractivity contribution in [2.24, 2.45) is 0 Å². The summed E-state index contributed by atoms with van der Waals surface area (Å²) in [6.07, 6.45) is 2.69. The number of rotatable bonds is 3. The van der Waals surface area contributed by atoms with Gasteiger partial charge in [0.1, 0.15) is 0 Å². The fourth-order valence-corrected chi connectivity index (χ4v) is 1.87. The molecule has 0 atom stereocenters. The van der Waals surface area contributed by atoms with Crippen molar-refractivity contribution >= 4 is 23.6 Å². The van der Waals surface area contributed by atoms with Gasteiger partial charge in [0.25, 0.3) is 0 Å². The van der Waals surface area contributed by atoms with E-state index in [2.05, 4.69) is 0 Å². The quantitative estimate of drug-likeness (QED) is 0.842. The number of hydrogen-bond donors (Lipinski definition) is 1. The van der Waals surface area contributed by atoms with E-state index in [0.29, 0.717) is 5.02 Å². The molecule has 0 bridgehead atoms. The number of halogens is 1. The zero-order valence-corrected chi connectivity index (χ0v) is 10.3. The number of carbonyl (C=O) groups is 1. The van der Waals surface area contributed by atoms with Crippen LogP contribution in [0.4, 0.5) is 0 Å². The van der Waals surface area contributed by atoms with Gasteiger partial charge in [-0.25, -0.2) is 4.79 Å². The van der Waals surface area contributed by atoms with Crippen LogP contribution in [-0.4, -0.2) is 11.1 Å². The van der Waals surface area contributed by atoms with Crippen LogP contribution in [-0.2, 0) is 4.79 Å². The van der Waals surface area contributed by atoms with Crippen LogP contribution in [0.2, 0.25) is 5.02 Å². The highest BCUT2D eigenvalue weighted by atomic mass is 35.5. The first-order valence-electron chi connectivity index (χ1n) is 5.43. The van der Waals surface area contributed by atoms with Crippen LogP contribution >= 0.6 is 11.6 Å². The third kappa shape index (κ3) is 2.99. The minimum Gasteiger partial charge on any atom is -0.478 e.